The SMILES string of the molecule is CC(=O)O.COc1cc(C(Nc2ccc(C(=N)N)cc2)C(=O)NCc2ccccc2)ccc1OCc1ccc(-c2ccccc2)cc1. The van der Waals surface area contributed by atoms with Gasteiger partial charge in [0.2, 0.25) is 5.91 Å². The van der Waals surface area contributed by atoms with Gasteiger partial charge in [0.05, 0.1) is 7.11 Å². The predicted octanol–water partition coefficient (Wildman–Crippen LogP) is 6.79. The van der Waals surface area contributed by atoms with E-state index in [4.69, 9.17) is 30.5 Å². The number of rotatable bonds is 12. The standard InChI is InChI=1S/C36H34N4O3.C2H4O2/c1-42-33-22-30(18-21-32(33)43-24-26-12-14-28(15-13-26)27-10-6-3-7-11-27)34(36(41)39-23-25-8-4-2-5-9-25)40-31-19-16-29(17-20-31)35(37)38;1-2(3)4/h2-22,34,40H,23-24H2,1H3,(H3,37,38)(H,39,41);1H3,(H,3,4). The van der Waals surface area contributed by atoms with Crippen LogP contribution in [0.3, 0.4) is 0 Å². The molecule has 9 heteroatoms. The molecular formula is C38H38N4O5. The predicted molar refractivity (Wildman–Crippen MR) is 185 cm³/mol. The van der Waals surface area contributed by atoms with Crippen LogP contribution >= 0.6 is 0 Å². The molecule has 0 heterocycles. The number of benzene rings is 5. The summed E-state index contributed by atoms with van der Waals surface area (Å²) in [5.41, 5.74) is 12.0. The highest BCUT2D eigenvalue weighted by Crippen LogP contribution is 2.33. The van der Waals surface area contributed by atoms with Crippen LogP contribution in [-0.2, 0) is 22.7 Å². The highest BCUT2D eigenvalue weighted by molar-refractivity contribution is 5.95. The maximum Gasteiger partial charge on any atom is 0.300 e. The molecule has 9 nitrogen and oxygen atoms in total. The van der Waals surface area contributed by atoms with Gasteiger partial charge in [-0.05, 0) is 64.2 Å². The molecule has 0 radical (unpaired) electrons. The van der Waals surface area contributed by atoms with Gasteiger partial charge in [-0.3, -0.25) is 15.0 Å². The Labute approximate surface area is 274 Å². The average molecular weight is 631 g/mol. The second kappa shape index (κ2) is 16.8. The van der Waals surface area contributed by atoms with Crippen molar-refractivity contribution in [2.45, 2.75) is 26.1 Å². The van der Waals surface area contributed by atoms with Gasteiger partial charge in [-0.25, -0.2) is 0 Å². The Hall–Kier alpha value is -6.09. The summed E-state index contributed by atoms with van der Waals surface area (Å²) >= 11 is 0. The number of hydrogen-bond acceptors (Lipinski definition) is 6. The third-order valence-corrected chi connectivity index (χ3v) is 7.06. The van der Waals surface area contributed by atoms with Crippen molar-refractivity contribution in [3.05, 3.63) is 150 Å². The molecule has 5 aromatic rings. The minimum absolute atomic E-state index is 0.0174. The lowest BCUT2D eigenvalue weighted by molar-refractivity contribution is -0.134. The normalized spacial score (nSPS) is 10.9. The molecule has 0 aliphatic carbocycles. The van der Waals surface area contributed by atoms with Crippen molar-refractivity contribution in [3.8, 4) is 22.6 Å². The van der Waals surface area contributed by atoms with Crippen LogP contribution in [0.2, 0.25) is 0 Å². The molecule has 0 bridgehead atoms. The number of amides is 1. The Morgan fingerprint density at radius 2 is 1.38 bits per heavy atom. The van der Waals surface area contributed by atoms with E-state index in [-0.39, 0.29) is 11.7 Å². The average Bonchev–Trinajstić information content (AvgIpc) is 3.09. The van der Waals surface area contributed by atoms with E-state index in [1.54, 1.807) is 31.4 Å². The third kappa shape index (κ3) is 10.2. The van der Waals surface area contributed by atoms with Crippen LogP contribution in [0.15, 0.2) is 127 Å². The van der Waals surface area contributed by atoms with Crippen molar-refractivity contribution in [2.75, 3.05) is 12.4 Å². The summed E-state index contributed by atoms with van der Waals surface area (Å²) in [7, 11) is 1.58. The van der Waals surface area contributed by atoms with Crippen molar-refractivity contribution in [1.29, 1.82) is 5.41 Å². The number of amidine groups is 1. The summed E-state index contributed by atoms with van der Waals surface area (Å²) in [4.78, 5) is 22.5. The number of aliphatic carboxylic acids is 1. The number of nitrogens with one attached hydrogen (secondary N) is 3. The Kier molecular flexibility index (Phi) is 12.1. The molecule has 0 fully saturated rings. The topological polar surface area (TPSA) is 147 Å². The molecule has 0 aliphatic rings. The number of nitrogen functional groups attached to an aromatic ring is 1. The number of carbonyl (C=O) groups is 2. The van der Waals surface area contributed by atoms with Crippen LogP contribution in [-0.4, -0.2) is 29.9 Å². The van der Waals surface area contributed by atoms with Crippen molar-refractivity contribution in [2.24, 2.45) is 5.73 Å². The molecule has 0 spiro atoms. The summed E-state index contributed by atoms with van der Waals surface area (Å²) in [6, 6.07) is 40.1. The smallest absolute Gasteiger partial charge is 0.300 e. The Balaban J connectivity index is 0.00000118. The lowest BCUT2D eigenvalue weighted by Crippen LogP contribution is -2.33. The number of ether oxygens (including phenoxy) is 2. The van der Waals surface area contributed by atoms with E-state index >= 15 is 0 Å². The number of nitrogens with two attached hydrogens (primary N) is 1. The number of carboxylic acid groups (broad SMARTS) is 1. The molecule has 5 aromatic carbocycles. The first kappa shape index (κ1) is 33.8. The monoisotopic (exact) mass is 630 g/mol. The zero-order chi connectivity index (χ0) is 33.6. The van der Waals surface area contributed by atoms with E-state index < -0.39 is 12.0 Å². The summed E-state index contributed by atoms with van der Waals surface area (Å²) < 4.78 is 11.8. The van der Waals surface area contributed by atoms with Gasteiger partial charge in [0.1, 0.15) is 18.5 Å². The van der Waals surface area contributed by atoms with Crippen LogP contribution in [0.25, 0.3) is 11.1 Å². The zero-order valence-electron chi connectivity index (χ0n) is 26.3. The van der Waals surface area contributed by atoms with Crippen LogP contribution in [0.4, 0.5) is 5.69 Å². The van der Waals surface area contributed by atoms with Crippen LogP contribution in [0, 0.1) is 5.41 Å². The molecule has 5 rings (SSSR count). The van der Waals surface area contributed by atoms with Crippen molar-refractivity contribution < 1.29 is 24.2 Å². The van der Waals surface area contributed by atoms with Gasteiger partial charge in [-0.2, -0.15) is 0 Å². The maximum absolute atomic E-state index is 13.5. The third-order valence-electron chi connectivity index (χ3n) is 7.06. The van der Waals surface area contributed by atoms with Gasteiger partial charge in [-0.1, -0.05) is 91.0 Å². The molecular weight excluding hydrogens is 592 g/mol. The number of carbonyl (C=O) groups excluding carboxylic acids is 1. The lowest BCUT2D eigenvalue weighted by atomic mass is 10.0. The first-order chi connectivity index (χ1) is 22.7. The molecule has 0 aliphatic heterocycles. The second-order valence-electron chi connectivity index (χ2n) is 10.6. The number of hydrogen-bond donors (Lipinski definition) is 5. The molecule has 6 N–H and O–H groups in total. The van der Waals surface area contributed by atoms with E-state index in [0.29, 0.717) is 41.5 Å². The fourth-order valence-corrected chi connectivity index (χ4v) is 4.67. The fourth-order valence-electron chi connectivity index (χ4n) is 4.67. The van der Waals surface area contributed by atoms with E-state index in [1.807, 2.05) is 66.7 Å². The van der Waals surface area contributed by atoms with Crippen LogP contribution < -0.4 is 25.8 Å². The number of carboxylic acids is 1. The molecule has 0 aromatic heterocycles. The van der Waals surface area contributed by atoms with Crippen molar-refractivity contribution in [3.63, 3.8) is 0 Å². The fraction of sp³-hybridized carbons (Fsp3) is 0.132. The second-order valence-corrected chi connectivity index (χ2v) is 10.6. The zero-order valence-corrected chi connectivity index (χ0v) is 26.3. The quantitative estimate of drug-likeness (QED) is 0.0754. The first-order valence-corrected chi connectivity index (χ1v) is 14.9. The molecule has 1 unspecified atom stereocenters. The highest BCUT2D eigenvalue weighted by Gasteiger charge is 2.22. The summed E-state index contributed by atoms with van der Waals surface area (Å²) in [6.07, 6.45) is 0. The van der Waals surface area contributed by atoms with E-state index in [9.17, 15) is 4.79 Å². The minimum atomic E-state index is -0.833. The Morgan fingerprint density at radius 3 is 1.98 bits per heavy atom. The number of anilines is 1. The largest absolute Gasteiger partial charge is 0.493 e. The highest BCUT2D eigenvalue weighted by atomic mass is 16.5. The van der Waals surface area contributed by atoms with E-state index in [1.165, 1.54) is 0 Å². The first-order valence-electron chi connectivity index (χ1n) is 14.9. The lowest BCUT2D eigenvalue weighted by Gasteiger charge is -2.22. The Bertz CT molecular complexity index is 1760. The molecule has 1 amide bonds. The summed E-state index contributed by atoms with van der Waals surface area (Å²) in [6.45, 7) is 1.84. The van der Waals surface area contributed by atoms with Crippen molar-refractivity contribution >= 4 is 23.4 Å². The number of methoxy groups -OCH3 is 1. The minimum Gasteiger partial charge on any atom is -0.493 e. The van der Waals surface area contributed by atoms with E-state index in [2.05, 4.69) is 47.0 Å². The molecule has 1 atom stereocenters. The molecule has 240 valence electrons. The van der Waals surface area contributed by atoms with Gasteiger partial charge >= 0.3 is 0 Å². The van der Waals surface area contributed by atoms with Gasteiger partial charge in [0, 0.05) is 24.7 Å². The molecule has 0 saturated heterocycles. The van der Waals surface area contributed by atoms with Gasteiger partial charge in [-0.15, -0.1) is 0 Å². The Morgan fingerprint density at radius 1 is 0.787 bits per heavy atom. The summed E-state index contributed by atoms with van der Waals surface area (Å²) in [5.74, 6) is 0.0468. The van der Waals surface area contributed by atoms with Crippen LogP contribution in [0.1, 0.15) is 35.2 Å². The molecule has 0 saturated carbocycles. The maximum atomic E-state index is 13.5. The molecule has 47 heavy (non-hydrogen) atoms. The van der Waals surface area contributed by atoms with Crippen LogP contribution in [0.5, 0.6) is 11.5 Å². The van der Waals surface area contributed by atoms with Gasteiger partial charge in [0.15, 0.2) is 11.5 Å². The summed E-state index contributed by atoms with van der Waals surface area (Å²) in [5, 5.41) is 21.4. The van der Waals surface area contributed by atoms with Gasteiger partial charge in [0.25, 0.3) is 5.97 Å². The van der Waals surface area contributed by atoms with Gasteiger partial charge < -0.3 is 30.9 Å². The van der Waals surface area contributed by atoms with E-state index in [0.717, 1.165) is 29.2 Å². The van der Waals surface area contributed by atoms with Crippen molar-refractivity contribution in [1.82, 2.24) is 5.32 Å².